The Morgan fingerprint density at radius 2 is 1.38 bits per heavy atom. The average molecular weight is 814 g/mol. The smallest absolute Gasteiger partial charge is 0.252 e. The van der Waals surface area contributed by atoms with Crippen LogP contribution in [0.2, 0.25) is 0 Å². The third-order valence-corrected chi connectivity index (χ3v) is 8.71. The molecule has 4 amide bonds. The van der Waals surface area contributed by atoms with Gasteiger partial charge < -0.3 is 48.2 Å². The molecular formula is C39H62Cl2N6O8. The van der Waals surface area contributed by atoms with E-state index in [4.69, 9.17) is 5.73 Å². The largest absolute Gasteiger partial charge is 0.412 e. The summed E-state index contributed by atoms with van der Waals surface area (Å²) in [4.78, 5) is 58.1. The van der Waals surface area contributed by atoms with Crippen LogP contribution in [0.25, 0.3) is 10.8 Å². The van der Waals surface area contributed by atoms with Gasteiger partial charge in [-0.15, -0.1) is 24.8 Å². The first-order valence-electron chi connectivity index (χ1n) is 18.0. The van der Waals surface area contributed by atoms with E-state index in [1.54, 1.807) is 12.1 Å². The zero-order chi connectivity index (χ0) is 37.3. The van der Waals surface area contributed by atoms with E-state index in [1.807, 2.05) is 70.2 Å². The van der Waals surface area contributed by atoms with Crippen molar-refractivity contribution in [3.63, 3.8) is 0 Å². The van der Waals surface area contributed by atoms with Crippen LogP contribution in [0.15, 0.2) is 67.0 Å². The van der Waals surface area contributed by atoms with Crippen LogP contribution >= 0.6 is 24.8 Å². The fourth-order valence-corrected chi connectivity index (χ4v) is 6.09. The number of benzene rings is 2. The molecule has 14 nitrogen and oxygen atoms in total. The van der Waals surface area contributed by atoms with Crippen LogP contribution in [0.3, 0.4) is 0 Å². The van der Waals surface area contributed by atoms with E-state index in [1.165, 1.54) is 12.4 Å². The number of amides is 4. The van der Waals surface area contributed by atoms with Gasteiger partial charge >= 0.3 is 0 Å². The van der Waals surface area contributed by atoms with Gasteiger partial charge in [0.1, 0.15) is 12.1 Å². The first kappa shape index (κ1) is 53.2. The summed E-state index contributed by atoms with van der Waals surface area (Å²) in [5, 5.41) is 34.3. The van der Waals surface area contributed by atoms with Gasteiger partial charge in [-0.3, -0.25) is 24.2 Å². The molecule has 0 aliphatic rings. The minimum atomic E-state index is -1.21. The molecule has 12 N–H and O–H groups in total. The maximum absolute atomic E-state index is 14.1. The Kier molecular flexibility index (Phi) is 26.8. The number of hydrogen-bond acceptors (Lipinski definition) is 8. The van der Waals surface area contributed by atoms with Crippen molar-refractivity contribution < 1.29 is 40.3 Å². The zero-order valence-electron chi connectivity index (χ0n) is 32.1. The highest BCUT2D eigenvalue weighted by atomic mass is 35.5. The Morgan fingerprint density at radius 3 is 2.00 bits per heavy atom. The van der Waals surface area contributed by atoms with E-state index in [-0.39, 0.29) is 67.1 Å². The summed E-state index contributed by atoms with van der Waals surface area (Å²) < 4.78 is 0. The van der Waals surface area contributed by atoms with E-state index in [0.29, 0.717) is 31.4 Å². The lowest BCUT2D eigenvalue weighted by atomic mass is 9.95. The van der Waals surface area contributed by atoms with E-state index in [0.717, 1.165) is 29.2 Å². The number of nitrogens with zero attached hydrogens (tertiary/aromatic N) is 1. The number of rotatable bonds is 21. The molecule has 55 heavy (non-hydrogen) atoms. The minimum absolute atomic E-state index is 0. The third-order valence-electron chi connectivity index (χ3n) is 8.71. The first-order valence-corrected chi connectivity index (χ1v) is 18.0. The summed E-state index contributed by atoms with van der Waals surface area (Å²) in [5.74, 6) is -1.84. The molecule has 16 heteroatoms. The number of hydrogen-bond donors (Lipinski definition) is 7. The number of pyridine rings is 1. The number of carbonyl (C=O) groups is 4. The number of halogens is 2. The highest BCUT2D eigenvalue weighted by Crippen LogP contribution is 2.21. The van der Waals surface area contributed by atoms with Crippen molar-refractivity contribution in [1.82, 2.24) is 26.3 Å². The monoisotopic (exact) mass is 812 g/mol. The predicted octanol–water partition coefficient (Wildman–Crippen LogP) is 2.19. The van der Waals surface area contributed by atoms with Gasteiger partial charge in [0.25, 0.3) is 5.91 Å². The third kappa shape index (κ3) is 18.1. The van der Waals surface area contributed by atoms with Crippen molar-refractivity contribution >= 4 is 59.2 Å². The lowest BCUT2D eigenvalue weighted by Crippen LogP contribution is -2.57. The van der Waals surface area contributed by atoms with Gasteiger partial charge in [-0.1, -0.05) is 76.6 Å². The van der Waals surface area contributed by atoms with Gasteiger partial charge in [0, 0.05) is 24.4 Å². The van der Waals surface area contributed by atoms with E-state index >= 15 is 0 Å². The number of nitrogens with two attached hydrogens (primary N) is 1. The molecule has 0 spiro atoms. The second kappa shape index (κ2) is 27.7. The lowest BCUT2D eigenvalue weighted by molar-refractivity contribution is -0.131. The summed E-state index contributed by atoms with van der Waals surface area (Å²) in [6.07, 6.45) is 4.43. The molecule has 5 atom stereocenters. The van der Waals surface area contributed by atoms with E-state index < -0.39 is 53.9 Å². The van der Waals surface area contributed by atoms with E-state index in [9.17, 15) is 29.4 Å². The fraction of sp³-hybridized carbons (Fsp3) is 0.513. The molecule has 0 radical (unpaired) electrons. The van der Waals surface area contributed by atoms with Gasteiger partial charge in [-0.25, -0.2) is 0 Å². The number of carbonyl (C=O) groups excluding carboxylic acids is 4. The van der Waals surface area contributed by atoms with Crippen LogP contribution < -0.4 is 27.0 Å². The van der Waals surface area contributed by atoms with Gasteiger partial charge in [0.15, 0.2) is 0 Å². The van der Waals surface area contributed by atoms with Crippen LogP contribution in [-0.4, -0.2) is 93.2 Å². The Labute approximate surface area is 336 Å². The molecule has 0 saturated carbocycles. The molecular weight excluding hydrogens is 751 g/mol. The Hall–Kier alpha value is -3.89. The van der Waals surface area contributed by atoms with Crippen molar-refractivity contribution in [2.75, 3.05) is 13.2 Å². The molecule has 0 saturated heterocycles. The van der Waals surface area contributed by atoms with Gasteiger partial charge in [-0.05, 0) is 72.5 Å². The second-order valence-electron chi connectivity index (χ2n) is 14.0. The number of aliphatic hydroxyl groups excluding tert-OH is 2. The molecule has 0 aliphatic carbocycles. The quantitative estimate of drug-likeness (QED) is 0.0783. The van der Waals surface area contributed by atoms with Crippen LogP contribution in [-0.2, 0) is 20.8 Å². The maximum Gasteiger partial charge on any atom is 0.252 e. The van der Waals surface area contributed by atoms with Gasteiger partial charge in [0.2, 0.25) is 17.7 Å². The normalized spacial score (nSPS) is 13.3. The molecule has 0 aliphatic heterocycles. The Bertz CT molecular complexity index is 1560. The van der Waals surface area contributed by atoms with Crippen LogP contribution in [0.5, 0.6) is 0 Å². The number of aromatic nitrogens is 1. The number of fused-ring (bicyclic) bond motifs is 1. The standard InChI is InChI=1S/C39H56N6O6.2ClH.2H2O/c1-25(2)20-32(35(47)23-36(48)42-30(24-46)13-7-8-17-40)43-38(50)33(21-26(3)4)45-39(51)34(44-37(49)28-15-18-41-19-16-28)22-29-12-9-11-27-10-5-6-14-31(27)29;;;;/h5-6,9-12,14-16,18-19,25-26,30,32-35,46-47H,7-8,13,17,20-24,40H2,1-4H3,(H,42,48)(H,43,50)(H,44,49)(H,45,51);2*1H;2*1H2/t30-,32-,33-,34-,35-;;;;/m0..../s1. The van der Waals surface area contributed by atoms with E-state index in [2.05, 4.69) is 26.3 Å². The summed E-state index contributed by atoms with van der Waals surface area (Å²) in [7, 11) is 0. The molecule has 1 heterocycles. The van der Waals surface area contributed by atoms with Crippen molar-refractivity contribution in [3.8, 4) is 0 Å². The Morgan fingerprint density at radius 1 is 0.764 bits per heavy atom. The number of unbranched alkanes of at least 4 members (excludes halogenated alkanes) is 1. The zero-order valence-corrected chi connectivity index (χ0v) is 33.8. The van der Waals surface area contributed by atoms with Crippen molar-refractivity contribution in [2.24, 2.45) is 17.6 Å². The van der Waals surface area contributed by atoms with Crippen molar-refractivity contribution in [1.29, 1.82) is 0 Å². The van der Waals surface area contributed by atoms with Gasteiger partial charge in [-0.2, -0.15) is 0 Å². The predicted molar refractivity (Wildman–Crippen MR) is 220 cm³/mol. The van der Waals surface area contributed by atoms with Crippen LogP contribution in [0, 0.1) is 11.8 Å². The van der Waals surface area contributed by atoms with Crippen LogP contribution in [0.4, 0.5) is 0 Å². The Balaban J connectivity index is 0. The van der Waals surface area contributed by atoms with Crippen molar-refractivity contribution in [2.45, 2.75) is 103 Å². The maximum atomic E-state index is 14.1. The molecule has 1 aromatic heterocycles. The highest BCUT2D eigenvalue weighted by Gasteiger charge is 2.32. The lowest BCUT2D eigenvalue weighted by Gasteiger charge is -2.30. The summed E-state index contributed by atoms with van der Waals surface area (Å²) in [6.45, 7) is 8.04. The molecule has 310 valence electrons. The summed E-state index contributed by atoms with van der Waals surface area (Å²) in [5.41, 5.74) is 6.75. The first-order chi connectivity index (χ1) is 24.4. The van der Waals surface area contributed by atoms with Gasteiger partial charge in [0.05, 0.1) is 31.2 Å². The molecule has 2 aromatic carbocycles. The molecule has 0 unspecified atom stereocenters. The fourth-order valence-electron chi connectivity index (χ4n) is 6.09. The van der Waals surface area contributed by atoms with Crippen molar-refractivity contribution in [3.05, 3.63) is 78.1 Å². The molecule has 0 fully saturated rings. The number of nitrogens with one attached hydrogen (secondary N) is 4. The highest BCUT2D eigenvalue weighted by molar-refractivity contribution is 5.99. The average Bonchev–Trinajstić information content (AvgIpc) is 3.10. The molecule has 0 bridgehead atoms. The number of aliphatic hydroxyl groups is 2. The summed E-state index contributed by atoms with van der Waals surface area (Å²) in [6, 6.07) is 13.5. The summed E-state index contributed by atoms with van der Waals surface area (Å²) >= 11 is 0. The molecule has 3 rings (SSSR count). The molecule has 3 aromatic rings. The SMILES string of the molecule is CC(C)C[C@H](NC(=O)[C@H](Cc1cccc2ccccc12)NC(=O)c1ccncc1)C(=O)N[C@@H](CC(C)C)[C@@H](O)CC(=O)N[C@H](CO)CCCCN.Cl.Cl.O.O. The minimum Gasteiger partial charge on any atom is -0.412 e. The second-order valence-corrected chi connectivity index (χ2v) is 14.0. The van der Waals surface area contributed by atoms with Crippen LogP contribution in [0.1, 0.15) is 82.1 Å². The topological polar surface area (TPSA) is 259 Å².